The van der Waals surface area contributed by atoms with Crippen LogP contribution in [0.4, 0.5) is 4.39 Å². The van der Waals surface area contributed by atoms with Crippen molar-refractivity contribution in [3.8, 4) is 0 Å². The molecule has 0 aliphatic rings. The van der Waals surface area contributed by atoms with Crippen molar-refractivity contribution in [3.63, 3.8) is 0 Å². The summed E-state index contributed by atoms with van der Waals surface area (Å²) in [5.41, 5.74) is 3.25. The van der Waals surface area contributed by atoms with Crippen LogP contribution in [0.25, 0.3) is 0 Å². The van der Waals surface area contributed by atoms with Crippen molar-refractivity contribution in [2.24, 2.45) is 0 Å². The molecule has 0 saturated heterocycles. The fourth-order valence-corrected chi connectivity index (χ4v) is 2.18. The molecule has 0 aliphatic carbocycles. The number of benzene rings is 1. The zero-order chi connectivity index (χ0) is 13.0. The lowest BCUT2D eigenvalue weighted by Gasteiger charge is -2.06. The van der Waals surface area contributed by atoms with Gasteiger partial charge in [0.05, 0.1) is 16.8 Å². The van der Waals surface area contributed by atoms with E-state index in [-0.39, 0.29) is 11.5 Å². The molecule has 1 aromatic carbocycles. The third-order valence-corrected chi connectivity index (χ3v) is 3.22. The highest BCUT2D eigenvalue weighted by Crippen LogP contribution is 2.11. The summed E-state index contributed by atoms with van der Waals surface area (Å²) in [6, 6.07) is 4.80. The Morgan fingerprint density at radius 2 is 2.33 bits per heavy atom. The molecule has 0 unspecified atom stereocenters. The Kier molecular flexibility index (Phi) is 4.04. The van der Waals surface area contributed by atoms with Gasteiger partial charge in [0.1, 0.15) is 5.82 Å². The van der Waals surface area contributed by atoms with Crippen LogP contribution in [-0.4, -0.2) is 17.4 Å². The molecule has 0 radical (unpaired) electrons. The SMILES string of the molecule is Cc1cccc(C(=O)NCCc2cscn2)c1F. The Hall–Kier alpha value is -1.75. The van der Waals surface area contributed by atoms with Gasteiger partial charge >= 0.3 is 0 Å². The normalized spacial score (nSPS) is 10.3. The van der Waals surface area contributed by atoms with E-state index in [1.54, 1.807) is 24.6 Å². The Bertz CT molecular complexity index is 540. The number of thiazole rings is 1. The van der Waals surface area contributed by atoms with Gasteiger partial charge in [0.2, 0.25) is 0 Å². The van der Waals surface area contributed by atoms with Gasteiger partial charge in [-0.3, -0.25) is 4.79 Å². The summed E-state index contributed by atoms with van der Waals surface area (Å²) in [5, 5.41) is 4.62. The molecule has 0 atom stereocenters. The Labute approximate surface area is 109 Å². The maximum absolute atomic E-state index is 13.7. The van der Waals surface area contributed by atoms with Crippen LogP contribution in [0.3, 0.4) is 0 Å². The molecule has 1 aromatic heterocycles. The summed E-state index contributed by atoms with van der Waals surface area (Å²) in [6.45, 7) is 2.09. The maximum atomic E-state index is 13.7. The number of hydrogen-bond donors (Lipinski definition) is 1. The van der Waals surface area contributed by atoms with Gasteiger partial charge in [0, 0.05) is 18.3 Å². The van der Waals surface area contributed by atoms with Crippen LogP contribution in [0.5, 0.6) is 0 Å². The van der Waals surface area contributed by atoms with Crippen molar-refractivity contribution in [1.82, 2.24) is 10.3 Å². The molecule has 0 saturated carbocycles. The van der Waals surface area contributed by atoms with Gasteiger partial charge < -0.3 is 5.32 Å². The van der Waals surface area contributed by atoms with Gasteiger partial charge in [0.15, 0.2) is 0 Å². The predicted octanol–water partition coefficient (Wildman–Crippen LogP) is 2.56. The molecule has 0 spiro atoms. The average Bonchev–Trinajstić information content (AvgIpc) is 2.85. The predicted molar refractivity (Wildman–Crippen MR) is 69.3 cm³/mol. The Morgan fingerprint density at radius 3 is 3.06 bits per heavy atom. The fraction of sp³-hybridized carbons (Fsp3) is 0.231. The molecule has 1 amide bonds. The minimum Gasteiger partial charge on any atom is -0.352 e. The third kappa shape index (κ3) is 2.92. The van der Waals surface area contributed by atoms with Gasteiger partial charge in [-0.15, -0.1) is 11.3 Å². The van der Waals surface area contributed by atoms with Gasteiger partial charge in [0.25, 0.3) is 5.91 Å². The zero-order valence-corrected chi connectivity index (χ0v) is 10.8. The van der Waals surface area contributed by atoms with E-state index < -0.39 is 5.82 Å². The van der Waals surface area contributed by atoms with E-state index in [2.05, 4.69) is 10.3 Å². The van der Waals surface area contributed by atoms with Gasteiger partial charge in [-0.2, -0.15) is 0 Å². The first-order valence-corrected chi connectivity index (χ1v) is 6.53. The summed E-state index contributed by atoms with van der Waals surface area (Å²) < 4.78 is 13.7. The lowest BCUT2D eigenvalue weighted by atomic mass is 10.1. The van der Waals surface area contributed by atoms with Crippen molar-refractivity contribution < 1.29 is 9.18 Å². The molecule has 94 valence electrons. The van der Waals surface area contributed by atoms with E-state index in [4.69, 9.17) is 0 Å². The first-order valence-electron chi connectivity index (χ1n) is 5.59. The molecule has 1 N–H and O–H groups in total. The lowest BCUT2D eigenvalue weighted by Crippen LogP contribution is -2.26. The largest absolute Gasteiger partial charge is 0.352 e. The highest BCUT2D eigenvalue weighted by atomic mass is 32.1. The van der Waals surface area contributed by atoms with Crippen molar-refractivity contribution in [2.45, 2.75) is 13.3 Å². The van der Waals surface area contributed by atoms with E-state index in [0.717, 1.165) is 5.69 Å². The zero-order valence-electron chi connectivity index (χ0n) is 9.94. The van der Waals surface area contributed by atoms with Crippen LogP contribution >= 0.6 is 11.3 Å². The van der Waals surface area contributed by atoms with Gasteiger partial charge in [-0.1, -0.05) is 12.1 Å². The Balaban J connectivity index is 1.93. The van der Waals surface area contributed by atoms with Crippen LogP contribution in [0.15, 0.2) is 29.1 Å². The van der Waals surface area contributed by atoms with Crippen molar-refractivity contribution >= 4 is 17.2 Å². The number of aryl methyl sites for hydroxylation is 1. The topological polar surface area (TPSA) is 42.0 Å². The minimum absolute atomic E-state index is 0.0910. The first-order chi connectivity index (χ1) is 8.68. The molecular weight excluding hydrogens is 251 g/mol. The average molecular weight is 264 g/mol. The number of nitrogens with one attached hydrogen (secondary N) is 1. The highest BCUT2D eigenvalue weighted by molar-refractivity contribution is 7.07. The molecule has 3 nitrogen and oxygen atoms in total. The van der Waals surface area contributed by atoms with E-state index >= 15 is 0 Å². The summed E-state index contributed by atoms with van der Waals surface area (Å²) >= 11 is 1.52. The number of rotatable bonds is 4. The van der Waals surface area contributed by atoms with Crippen LogP contribution in [0.1, 0.15) is 21.6 Å². The molecule has 0 aliphatic heterocycles. The fourth-order valence-electron chi connectivity index (χ4n) is 1.58. The highest BCUT2D eigenvalue weighted by Gasteiger charge is 2.12. The first kappa shape index (κ1) is 12.7. The van der Waals surface area contributed by atoms with Crippen molar-refractivity contribution in [3.05, 3.63) is 51.7 Å². The molecule has 2 aromatic rings. The van der Waals surface area contributed by atoms with Crippen molar-refractivity contribution in [1.29, 1.82) is 0 Å². The number of halogens is 1. The van der Waals surface area contributed by atoms with E-state index in [0.29, 0.717) is 18.5 Å². The Morgan fingerprint density at radius 1 is 1.50 bits per heavy atom. The number of carbonyl (C=O) groups excluding carboxylic acids is 1. The third-order valence-electron chi connectivity index (χ3n) is 2.59. The standard InChI is InChI=1S/C13H13FN2OS/c1-9-3-2-4-11(12(9)14)13(17)15-6-5-10-7-18-8-16-10/h2-4,7-8H,5-6H2,1H3,(H,15,17). The molecule has 1 heterocycles. The minimum atomic E-state index is -0.455. The monoisotopic (exact) mass is 264 g/mol. The summed E-state index contributed by atoms with van der Waals surface area (Å²) in [5.74, 6) is -0.838. The molecule has 5 heteroatoms. The molecule has 0 bridgehead atoms. The van der Waals surface area contributed by atoms with Gasteiger partial charge in [-0.25, -0.2) is 9.37 Å². The number of nitrogens with zero attached hydrogens (tertiary/aromatic N) is 1. The van der Waals surface area contributed by atoms with E-state index in [9.17, 15) is 9.18 Å². The van der Waals surface area contributed by atoms with E-state index in [1.807, 2.05) is 5.38 Å². The molecule has 2 rings (SSSR count). The quantitative estimate of drug-likeness (QED) is 0.922. The van der Waals surface area contributed by atoms with Crippen LogP contribution < -0.4 is 5.32 Å². The molecule has 18 heavy (non-hydrogen) atoms. The van der Waals surface area contributed by atoms with Crippen LogP contribution in [-0.2, 0) is 6.42 Å². The number of aromatic nitrogens is 1. The second-order valence-corrected chi connectivity index (χ2v) is 4.64. The molecular formula is C13H13FN2OS. The number of carbonyl (C=O) groups is 1. The second kappa shape index (κ2) is 5.73. The number of hydrogen-bond acceptors (Lipinski definition) is 3. The summed E-state index contributed by atoms with van der Waals surface area (Å²) in [7, 11) is 0. The smallest absolute Gasteiger partial charge is 0.254 e. The second-order valence-electron chi connectivity index (χ2n) is 3.92. The van der Waals surface area contributed by atoms with Crippen LogP contribution in [0, 0.1) is 12.7 Å². The van der Waals surface area contributed by atoms with Gasteiger partial charge in [-0.05, 0) is 18.6 Å². The lowest BCUT2D eigenvalue weighted by molar-refractivity contribution is 0.0950. The van der Waals surface area contributed by atoms with E-state index in [1.165, 1.54) is 17.4 Å². The summed E-state index contributed by atoms with van der Waals surface area (Å²) in [6.07, 6.45) is 0.655. The van der Waals surface area contributed by atoms with Crippen molar-refractivity contribution in [2.75, 3.05) is 6.54 Å². The van der Waals surface area contributed by atoms with Crippen LogP contribution in [0.2, 0.25) is 0 Å². The number of amides is 1. The summed E-state index contributed by atoms with van der Waals surface area (Å²) in [4.78, 5) is 15.9. The maximum Gasteiger partial charge on any atom is 0.254 e. The molecule has 0 fully saturated rings.